The lowest BCUT2D eigenvalue weighted by molar-refractivity contribution is -0.803. The Balaban J connectivity index is 2.03. The van der Waals surface area contributed by atoms with Crippen LogP contribution in [-0.4, -0.2) is 45.2 Å². The van der Waals surface area contributed by atoms with Gasteiger partial charge in [-0.1, -0.05) is 0 Å². The molecule has 0 aliphatic carbocycles. The van der Waals surface area contributed by atoms with Crippen molar-refractivity contribution >= 4 is 11.6 Å². The third-order valence-corrected chi connectivity index (χ3v) is 4.33. The van der Waals surface area contributed by atoms with Gasteiger partial charge in [0.25, 0.3) is 11.4 Å². The van der Waals surface area contributed by atoms with Crippen LogP contribution in [-0.2, 0) is 0 Å². The molecule has 0 aliphatic heterocycles. The van der Waals surface area contributed by atoms with Gasteiger partial charge in [0.15, 0.2) is 23.0 Å². The molecule has 2 aromatic carbocycles. The lowest BCUT2D eigenvalue weighted by Gasteiger charge is -2.09. The van der Waals surface area contributed by atoms with Gasteiger partial charge in [-0.3, -0.25) is 14.2 Å². The molecule has 0 aliphatic rings. The fraction of sp³-hybridized carbons (Fsp3) is 0.200. The number of carbonyl (C=O) groups is 2. The lowest BCUT2D eigenvalue weighted by Crippen LogP contribution is -2.33. The second-order valence-corrected chi connectivity index (χ2v) is 5.93. The third kappa shape index (κ3) is 3.62. The summed E-state index contributed by atoms with van der Waals surface area (Å²) < 4.78 is 25.2. The van der Waals surface area contributed by atoms with Gasteiger partial charge in [-0.15, -0.1) is 0 Å². The summed E-state index contributed by atoms with van der Waals surface area (Å²) in [4.78, 5) is 25.8. The van der Waals surface area contributed by atoms with Crippen LogP contribution in [0.1, 0.15) is 32.1 Å². The fourth-order valence-corrected chi connectivity index (χ4v) is 2.82. The number of hydrogen-bond acceptors (Lipinski definition) is 9. The summed E-state index contributed by atoms with van der Waals surface area (Å²) in [5.41, 5.74) is -0.774. The molecule has 0 unspecified atom stereocenters. The summed E-state index contributed by atoms with van der Waals surface area (Å²) in [6.45, 7) is 0. The molecule has 156 valence electrons. The van der Waals surface area contributed by atoms with Gasteiger partial charge in [0.2, 0.25) is 11.6 Å². The van der Waals surface area contributed by atoms with Crippen molar-refractivity contribution in [2.24, 2.45) is 0 Å². The van der Waals surface area contributed by atoms with Crippen LogP contribution in [0.15, 0.2) is 41.0 Å². The van der Waals surface area contributed by atoms with E-state index in [0.29, 0.717) is 17.2 Å². The first-order valence-corrected chi connectivity index (χ1v) is 8.58. The number of methoxy groups -OCH3 is 4. The van der Waals surface area contributed by atoms with Crippen molar-refractivity contribution in [3.05, 3.63) is 64.1 Å². The molecule has 10 nitrogen and oxygen atoms in total. The minimum absolute atomic E-state index is 0.0850. The van der Waals surface area contributed by atoms with Crippen molar-refractivity contribution in [3.8, 4) is 23.0 Å². The second-order valence-electron chi connectivity index (χ2n) is 5.93. The van der Waals surface area contributed by atoms with Gasteiger partial charge in [-0.2, -0.15) is 0 Å². The molecule has 0 saturated carbocycles. The molecule has 30 heavy (non-hydrogen) atoms. The summed E-state index contributed by atoms with van der Waals surface area (Å²) in [5, 5.41) is 15.6. The van der Waals surface area contributed by atoms with E-state index in [1.165, 1.54) is 64.8 Å². The van der Waals surface area contributed by atoms with Crippen LogP contribution in [0.25, 0.3) is 0 Å². The van der Waals surface area contributed by atoms with Gasteiger partial charge >= 0.3 is 0 Å². The van der Waals surface area contributed by atoms with Gasteiger partial charge in [0.1, 0.15) is 0 Å². The van der Waals surface area contributed by atoms with Gasteiger partial charge in [-0.25, -0.2) is 0 Å². The Kier molecular flexibility index (Phi) is 5.86. The fourth-order valence-electron chi connectivity index (χ4n) is 2.82. The molecular weight excluding hydrogens is 396 g/mol. The van der Waals surface area contributed by atoms with Crippen LogP contribution in [0.3, 0.4) is 0 Å². The average molecular weight is 414 g/mol. The first kappa shape index (κ1) is 20.6. The number of ketones is 2. The highest BCUT2D eigenvalue weighted by molar-refractivity contribution is 6.17. The summed E-state index contributed by atoms with van der Waals surface area (Å²) in [6, 6.07) is 8.71. The van der Waals surface area contributed by atoms with Crippen LogP contribution in [0.5, 0.6) is 23.0 Å². The van der Waals surface area contributed by atoms with Crippen molar-refractivity contribution in [2.75, 3.05) is 28.4 Å². The lowest BCUT2D eigenvalue weighted by atomic mass is 10.0. The van der Waals surface area contributed by atoms with Gasteiger partial charge < -0.3 is 24.2 Å². The zero-order chi connectivity index (χ0) is 21.8. The molecule has 0 atom stereocenters. The molecule has 0 spiro atoms. The van der Waals surface area contributed by atoms with Crippen molar-refractivity contribution in [1.29, 1.82) is 0 Å². The number of hydrogen-bond donors (Lipinski definition) is 0. The Morgan fingerprint density at radius 3 is 1.73 bits per heavy atom. The summed E-state index contributed by atoms with van der Waals surface area (Å²) >= 11 is 0. The smallest absolute Gasteiger partial charge is 0.300 e. The maximum atomic E-state index is 13.0. The minimum atomic E-state index is -0.768. The first-order valence-electron chi connectivity index (χ1n) is 8.58. The molecule has 3 rings (SSSR count). The molecule has 0 N–H and O–H groups in total. The normalized spacial score (nSPS) is 10.4. The zero-order valence-electron chi connectivity index (χ0n) is 16.6. The number of rotatable bonds is 8. The Morgan fingerprint density at radius 2 is 1.27 bits per heavy atom. The van der Waals surface area contributed by atoms with E-state index in [9.17, 15) is 14.8 Å². The van der Waals surface area contributed by atoms with Crippen LogP contribution in [0.2, 0.25) is 0 Å². The van der Waals surface area contributed by atoms with E-state index in [1.54, 1.807) is 0 Å². The SMILES string of the molecule is COc1ccc(C(=O)c2no[n+]([O-])c2C(=O)c2ccc(OC)c(OC)c2)cc1OC. The van der Waals surface area contributed by atoms with Crippen LogP contribution >= 0.6 is 0 Å². The maximum Gasteiger partial charge on any atom is 0.300 e. The van der Waals surface area contributed by atoms with E-state index in [4.69, 9.17) is 18.9 Å². The van der Waals surface area contributed by atoms with Gasteiger partial charge in [0, 0.05) is 11.1 Å². The van der Waals surface area contributed by atoms with Gasteiger partial charge in [-0.05, 0) is 41.3 Å². The summed E-state index contributed by atoms with van der Waals surface area (Å²) in [6.07, 6.45) is 0. The zero-order valence-corrected chi connectivity index (χ0v) is 16.6. The van der Waals surface area contributed by atoms with E-state index in [1.807, 2.05) is 0 Å². The van der Waals surface area contributed by atoms with E-state index in [0.717, 1.165) is 0 Å². The molecule has 0 saturated heterocycles. The van der Waals surface area contributed by atoms with Crippen molar-refractivity contribution in [1.82, 2.24) is 5.16 Å². The Bertz CT molecular complexity index is 1110. The van der Waals surface area contributed by atoms with Crippen LogP contribution < -0.4 is 23.9 Å². The second kappa shape index (κ2) is 8.52. The maximum absolute atomic E-state index is 13.0. The highest BCUT2D eigenvalue weighted by atomic mass is 16.8. The van der Waals surface area contributed by atoms with Crippen molar-refractivity contribution in [2.45, 2.75) is 0 Å². The van der Waals surface area contributed by atoms with Crippen molar-refractivity contribution in [3.63, 3.8) is 0 Å². The van der Waals surface area contributed by atoms with E-state index in [2.05, 4.69) is 9.79 Å². The predicted octanol–water partition coefficient (Wildman–Crippen LogP) is 1.80. The molecule has 1 aromatic heterocycles. The molecule has 0 fully saturated rings. The number of aromatic nitrogens is 2. The third-order valence-electron chi connectivity index (χ3n) is 4.33. The van der Waals surface area contributed by atoms with Crippen LogP contribution in [0, 0.1) is 5.21 Å². The Morgan fingerprint density at radius 1 is 0.800 bits per heavy atom. The average Bonchev–Trinajstić information content (AvgIpc) is 3.18. The number of carbonyl (C=O) groups excluding carboxylic acids is 2. The highest BCUT2D eigenvalue weighted by Crippen LogP contribution is 2.30. The minimum Gasteiger partial charge on any atom is -0.493 e. The largest absolute Gasteiger partial charge is 0.493 e. The quantitative estimate of drug-likeness (QED) is 0.401. The molecule has 0 radical (unpaired) electrons. The number of ether oxygens (including phenoxy) is 4. The van der Waals surface area contributed by atoms with E-state index < -0.39 is 23.0 Å². The van der Waals surface area contributed by atoms with Gasteiger partial charge in [0.05, 0.1) is 33.6 Å². The highest BCUT2D eigenvalue weighted by Gasteiger charge is 2.34. The predicted molar refractivity (Wildman–Crippen MR) is 101 cm³/mol. The van der Waals surface area contributed by atoms with Crippen LogP contribution in [0.4, 0.5) is 0 Å². The standard InChI is InChI=1S/C20H18N2O8/c1-26-13-7-5-11(9-15(13)28-3)19(23)17-18(22(25)30-21-17)20(24)12-6-8-14(27-2)16(10-12)29-4/h5-10H,1-4H3. The Hall–Kier alpha value is -4.08. The molecule has 0 bridgehead atoms. The van der Waals surface area contributed by atoms with E-state index in [-0.39, 0.29) is 21.8 Å². The molecule has 0 amide bonds. The van der Waals surface area contributed by atoms with E-state index >= 15 is 0 Å². The Labute approximate surface area is 171 Å². The molecule has 10 heteroatoms. The number of benzene rings is 2. The summed E-state index contributed by atoms with van der Waals surface area (Å²) in [5.74, 6) is -0.0699. The monoisotopic (exact) mass is 414 g/mol. The number of nitrogens with zero attached hydrogens (tertiary/aromatic N) is 2. The molecule has 3 aromatic rings. The summed E-state index contributed by atoms with van der Waals surface area (Å²) in [7, 11) is 5.73. The topological polar surface area (TPSA) is 124 Å². The molecule has 1 heterocycles. The molecular formula is C20H18N2O8. The first-order chi connectivity index (χ1) is 14.4. The van der Waals surface area contributed by atoms with Crippen molar-refractivity contribution < 1.29 is 38.1 Å².